The zero-order valence-electron chi connectivity index (χ0n) is 20.2. The van der Waals surface area contributed by atoms with E-state index in [1.807, 2.05) is 30.7 Å². The summed E-state index contributed by atoms with van der Waals surface area (Å²) in [6.07, 6.45) is 0. The summed E-state index contributed by atoms with van der Waals surface area (Å²) >= 11 is 1.55. The number of anilines is 1. The van der Waals surface area contributed by atoms with E-state index in [1.54, 1.807) is 29.5 Å². The molecule has 0 radical (unpaired) electrons. The molecular weight excluding hydrogens is 482 g/mol. The fourth-order valence-corrected chi connectivity index (χ4v) is 6.66. The molecule has 1 amide bonds. The van der Waals surface area contributed by atoms with Crippen LogP contribution in [0, 0.1) is 19.8 Å². The summed E-state index contributed by atoms with van der Waals surface area (Å²) < 4.78 is 33.4. The number of ether oxygens (including phenoxy) is 1. The van der Waals surface area contributed by atoms with Crippen molar-refractivity contribution in [3.05, 3.63) is 76.0 Å². The van der Waals surface area contributed by atoms with Crippen molar-refractivity contribution >= 4 is 33.0 Å². The Morgan fingerprint density at radius 2 is 1.94 bits per heavy atom. The third-order valence-corrected chi connectivity index (χ3v) is 8.94. The predicted octanol–water partition coefficient (Wildman–Crippen LogP) is 4.01. The van der Waals surface area contributed by atoms with Crippen molar-refractivity contribution in [1.29, 1.82) is 0 Å². The molecule has 0 aliphatic carbocycles. The van der Waals surface area contributed by atoms with Crippen LogP contribution >= 0.6 is 11.3 Å². The molecule has 4 rings (SSSR count). The number of benzene rings is 2. The summed E-state index contributed by atoms with van der Waals surface area (Å²) in [6, 6.07) is 14.6. The topological polar surface area (TPSA) is 87.7 Å². The molecule has 2 N–H and O–H groups in total. The zero-order chi connectivity index (χ0) is 25.0. The monoisotopic (exact) mass is 513 g/mol. The maximum atomic E-state index is 13.4. The normalized spacial score (nSPS) is 18.4. The van der Waals surface area contributed by atoms with Crippen LogP contribution in [0.1, 0.15) is 22.6 Å². The van der Waals surface area contributed by atoms with Gasteiger partial charge >= 0.3 is 0 Å². The highest BCUT2D eigenvalue weighted by Gasteiger charge is 2.43. The number of sulfonamides is 1. The fourth-order valence-electron chi connectivity index (χ4n) is 4.40. The number of hydrogen-bond donors (Lipinski definition) is 2. The number of amides is 1. The standard InChI is InChI=1S/C26H31N3O4S2/c1-18-7-8-19(2)25(13-18)27-10-11-28-26(30)24-16-29(15-23(24)20-9-12-34-17-20)35(31,32)22-6-4-5-21(14-22)33-3/h4-9,12-14,17,23-24,27H,10-11,15-16H2,1-3H3,(H,28,30)/t23-,24+/m0/s1. The van der Waals surface area contributed by atoms with E-state index in [0.29, 0.717) is 18.8 Å². The Morgan fingerprint density at radius 1 is 1.11 bits per heavy atom. The first-order valence-corrected chi connectivity index (χ1v) is 13.9. The molecule has 1 aromatic heterocycles. The van der Waals surface area contributed by atoms with E-state index >= 15 is 0 Å². The van der Waals surface area contributed by atoms with Crippen molar-refractivity contribution in [3.63, 3.8) is 0 Å². The van der Waals surface area contributed by atoms with Crippen molar-refractivity contribution in [1.82, 2.24) is 9.62 Å². The van der Waals surface area contributed by atoms with Gasteiger partial charge in [-0.3, -0.25) is 4.79 Å². The van der Waals surface area contributed by atoms with E-state index in [9.17, 15) is 13.2 Å². The lowest BCUT2D eigenvalue weighted by molar-refractivity contribution is -0.124. The molecule has 9 heteroatoms. The molecule has 1 fully saturated rings. The zero-order valence-corrected chi connectivity index (χ0v) is 21.8. The van der Waals surface area contributed by atoms with Gasteiger partial charge in [-0.2, -0.15) is 15.6 Å². The molecule has 7 nitrogen and oxygen atoms in total. The van der Waals surface area contributed by atoms with Crippen LogP contribution < -0.4 is 15.4 Å². The maximum Gasteiger partial charge on any atom is 0.243 e. The largest absolute Gasteiger partial charge is 0.497 e. The lowest BCUT2D eigenvalue weighted by atomic mass is 9.90. The van der Waals surface area contributed by atoms with Crippen molar-refractivity contribution in [2.75, 3.05) is 38.6 Å². The van der Waals surface area contributed by atoms with Gasteiger partial charge in [0.25, 0.3) is 0 Å². The summed E-state index contributed by atoms with van der Waals surface area (Å²) in [4.78, 5) is 13.4. The van der Waals surface area contributed by atoms with Gasteiger partial charge in [-0.1, -0.05) is 18.2 Å². The summed E-state index contributed by atoms with van der Waals surface area (Å²) in [5.41, 5.74) is 4.36. The summed E-state index contributed by atoms with van der Waals surface area (Å²) in [5, 5.41) is 10.3. The van der Waals surface area contributed by atoms with Crippen LogP contribution in [0.4, 0.5) is 5.69 Å². The van der Waals surface area contributed by atoms with Crippen LogP contribution in [-0.2, 0) is 14.8 Å². The highest BCUT2D eigenvalue weighted by Crippen LogP contribution is 2.37. The minimum Gasteiger partial charge on any atom is -0.497 e. The van der Waals surface area contributed by atoms with Crippen LogP contribution in [-0.4, -0.2) is 51.9 Å². The van der Waals surface area contributed by atoms with Crippen molar-refractivity contribution < 1.29 is 17.9 Å². The Labute approximate surface area is 211 Å². The van der Waals surface area contributed by atoms with Gasteiger partial charge in [-0.05, 0) is 65.6 Å². The molecule has 1 aliphatic heterocycles. The quantitative estimate of drug-likeness (QED) is 0.422. The third-order valence-electron chi connectivity index (χ3n) is 6.41. The summed E-state index contributed by atoms with van der Waals surface area (Å²) in [5.74, 6) is -0.322. The molecule has 35 heavy (non-hydrogen) atoms. The van der Waals surface area contributed by atoms with Crippen LogP contribution in [0.2, 0.25) is 0 Å². The van der Waals surface area contributed by atoms with E-state index in [1.165, 1.54) is 23.0 Å². The molecule has 0 unspecified atom stereocenters. The van der Waals surface area contributed by atoms with E-state index < -0.39 is 15.9 Å². The smallest absolute Gasteiger partial charge is 0.243 e. The summed E-state index contributed by atoms with van der Waals surface area (Å²) in [6.45, 7) is 5.51. The Balaban J connectivity index is 1.45. The molecular formula is C26H31N3O4S2. The second-order valence-corrected chi connectivity index (χ2v) is 11.5. The van der Waals surface area contributed by atoms with Gasteiger partial charge in [-0.25, -0.2) is 8.42 Å². The number of aryl methyl sites for hydroxylation is 2. The van der Waals surface area contributed by atoms with E-state index in [2.05, 4.69) is 28.8 Å². The lowest BCUT2D eigenvalue weighted by Crippen LogP contribution is -2.37. The van der Waals surface area contributed by atoms with Gasteiger partial charge in [-0.15, -0.1) is 0 Å². The molecule has 2 atom stereocenters. The average molecular weight is 514 g/mol. The lowest BCUT2D eigenvalue weighted by Gasteiger charge is -2.18. The maximum absolute atomic E-state index is 13.4. The number of rotatable bonds is 9. The number of nitrogens with one attached hydrogen (secondary N) is 2. The van der Waals surface area contributed by atoms with Gasteiger partial charge in [0.15, 0.2) is 0 Å². The number of hydrogen-bond acceptors (Lipinski definition) is 6. The molecule has 2 heterocycles. The SMILES string of the molecule is COc1cccc(S(=O)(=O)N2C[C@@H](C(=O)NCCNc3cc(C)ccc3C)[C@H](c3ccsc3)C2)c1. The van der Waals surface area contributed by atoms with Crippen LogP contribution in [0.25, 0.3) is 0 Å². The number of methoxy groups -OCH3 is 1. The van der Waals surface area contributed by atoms with Gasteiger partial charge < -0.3 is 15.4 Å². The molecule has 0 bridgehead atoms. The number of nitrogens with zero attached hydrogens (tertiary/aromatic N) is 1. The van der Waals surface area contributed by atoms with Crippen LogP contribution in [0.5, 0.6) is 5.75 Å². The molecule has 3 aromatic rings. The first-order chi connectivity index (χ1) is 16.8. The Hall–Kier alpha value is -2.88. The fraction of sp³-hybridized carbons (Fsp3) is 0.346. The van der Waals surface area contributed by atoms with Gasteiger partial charge in [0.05, 0.1) is 17.9 Å². The highest BCUT2D eigenvalue weighted by atomic mass is 32.2. The summed E-state index contributed by atoms with van der Waals surface area (Å²) in [7, 11) is -2.26. The van der Waals surface area contributed by atoms with E-state index in [-0.39, 0.29) is 29.8 Å². The minimum absolute atomic E-state index is 0.132. The first-order valence-electron chi connectivity index (χ1n) is 11.5. The highest BCUT2D eigenvalue weighted by molar-refractivity contribution is 7.89. The van der Waals surface area contributed by atoms with Crippen LogP contribution in [0.15, 0.2) is 64.2 Å². The second-order valence-electron chi connectivity index (χ2n) is 8.81. The Kier molecular flexibility index (Phi) is 7.78. The van der Waals surface area contributed by atoms with Crippen molar-refractivity contribution in [2.45, 2.75) is 24.7 Å². The molecule has 0 spiro atoms. The number of carbonyl (C=O) groups is 1. The molecule has 1 aliphatic rings. The average Bonchev–Trinajstić information content (AvgIpc) is 3.54. The van der Waals surface area contributed by atoms with Gasteiger partial charge in [0.2, 0.25) is 15.9 Å². The molecule has 2 aromatic carbocycles. The van der Waals surface area contributed by atoms with Gasteiger partial charge in [0, 0.05) is 43.9 Å². The molecule has 0 saturated carbocycles. The number of carbonyl (C=O) groups excluding carboxylic acids is 1. The second kappa shape index (κ2) is 10.8. The number of thiophene rings is 1. The first kappa shape index (κ1) is 25.2. The minimum atomic E-state index is -3.77. The van der Waals surface area contributed by atoms with Crippen molar-refractivity contribution in [2.24, 2.45) is 5.92 Å². The third kappa shape index (κ3) is 5.69. The molecule has 186 valence electrons. The van der Waals surface area contributed by atoms with Crippen molar-refractivity contribution in [3.8, 4) is 5.75 Å². The van der Waals surface area contributed by atoms with Gasteiger partial charge in [0.1, 0.15) is 5.75 Å². The predicted molar refractivity (Wildman–Crippen MR) is 140 cm³/mol. The molecule has 1 saturated heterocycles. The Bertz CT molecular complexity index is 1280. The van der Waals surface area contributed by atoms with Crippen LogP contribution in [0.3, 0.4) is 0 Å². The van der Waals surface area contributed by atoms with E-state index in [4.69, 9.17) is 4.74 Å². The Morgan fingerprint density at radius 3 is 2.69 bits per heavy atom. The van der Waals surface area contributed by atoms with E-state index in [0.717, 1.165) is 16.8 Å².